The quantitative estimate of drug-likeness (QED) is 0.679. The second-order valence-electron chi connectivity index (χ2n) is 4.62. The van der Waals surface area contributed by atoms with E-state index in [0.717, 1.165) is 23.1 Å². The van der Waals surface area contributed by atoms with E-state index in [0.29, 0.717) is 18.1 Å². The van der Waals surface area contributed by atoms with Gasteiger partial charge in [-0.1, -0.05) is 32.0 Å². The Morgan fingerprint density at radius 3 is 2.20 bits per heavy atom. The minimum absolute atomic E-state index is 0.291. The van der Waals surface area contributed by atoms with Crippen molar-refractivity contribution in [3.8, 4) is 0 Å². The van der Waals surface area contributed by atoms with Crippen molar-refractivity contribution in [3.63, 3.8) is 0 Å². The first-order chi connectivity index (χ1) is 7.02. The molecule has 0 aliphatic carbocycles. The van der Waals surface area contributed by atoms with Crippen molar-refractivity contribution >= 4 is 5.78 Å². The lowest BCUT2D eigenvalue weighted by molar-refractivity contribution is 0.0974. The van der Waals surface area contributed by atoms with Gasteiger partial charge in [-0.3, -0.25) is 4.79 Å². The third-order valence-electron chi connectivity index (χ3n) is 2.71. The van der Waals surface area contributed by atoms with E-state index in [1.807, 2.05) is 32.0 Å². The van der Waals surface area contributed by atoms with E-state index in [2.05, 4.69) is 13.8 Å². The third kappa shape index (κ3) is 3.19. The number of aryl methyl sites for hydroxylation is 2. The maximum absolute atomic E-state index is 12.0. The van der Waals surface area contributed by atoms with Crippen LogP contribution >= 0.6 is 0 Å². The first-order valence-corrected chi connectivity index (χ1v) is 5.61. The van der Waals surface area contributed by atoms with Gasteiger partial charge in [-0.25, -0.2) is 0 Å². The van der Waals surface area contributed by atoms with E-state index < -0.39 is 0 Å². The lowest BCUT2D eigenvalue weighted by atomic mass is 9.95. The highest BCUT2D eigenvalue weighted by Crippen LogP contribution is 2.17. The summed E-state index contributed by atoms with van der Waals surface area (Å²) in [7, 11) is 0. The minimum Gasteiger partial charge on any atom is -0.294 e. The Morgan fingerprint density at radius 2 is 1.73 bits per heavy atom. The molecule has 0 N–H and O–H groups in total. The fourth-order valence-electron chi connectivity index (χ4n) is 1.80. The highest BCUT2D eigenvalue weighted by atomic mass is 16.1. The molecular weight excluding hydrogens is 184 g/mol. The molecule has 0 saturated heterocycles. The van der Waals surface area contributed by atoms with Gasteiger partial charge in [0.2, 0.25) is 0 Å². The second kappa shape index (κ2) is 5.11. The monoisotopic (exact) mass is 204 g/mol. The van der Waals surface area contributed by atoms with Crippen molar-refractivity contribution in [3.05, 3.63) is 34.9 Å². The van der Waals surface area contributed by atoms with Gasteiger partial charge in [-0.2, -0.15) is 0 Å². The molecule has 0 aliphatic rings. The Hall–Kier alpha value is -1.11. The van der Waals surface area contributed by atoms with Gasteiger partial charge in [0.25, 0.3) is 0 Å². The number of hydrogen-bond donors (Lipinski definition) is 0. The number of rotatable bonds is 4. The van der Waals surface area contributed by atoms with Crippen LogP contribution in [-0.4, -0.2) is 5.78 Å². The highest BCUT2D eigenvalue weighted by molar-refractivity contribution is 5.98. The summed E-state index contributed by atoms with van der Waals surface area (Å²) in [5.74, 6) is 0.887. The Kier molecular flexibility index (Phi) is 4.07. The van der Waals surface area contributed by atoms with Crippen molar-refractivity contribution in [2.24, 2.45) is 5.92 Å². The van der Waals surface area contributed by atoms with Crippen LogP contribution in [0.4, 0.5) is 0 Å². The molecular formula is C14H20O. The Balaban J connectivity index is 2.82. The van der Waals surface area contributed by atoms with Crippen molar-refractivity contribution in [1.29, 1.82) is 0 Å². The SMILES string of the molecule is Cc1cccc(C)c1C(=O)CCC(C)C. The zero-order valence-electron chi connectivity index (χ0n) is 10.1. The molecule has 0 aromatic heterocycles. The van der Waals surface area contributed by atoms with E-state index >= 15 is 0 Å². The number of carbonyl (C=O) groups excluding carboxylic acids is 1. The van der Waals surface area contributed by atoms with Gasteiger partial charge in [0.15, 0.2) is 5.78 Å². The second-order valence-corrected chi connectivity index (χ2v) is 4.62. The van der Waals surface area contributed by atoms with Crippen LogP contribution in [0.1, 0.15) is 48.2 Å². The zero-order valence-corrected chi connectivity index (χ0v) is 10.1. The molecule has 15 heavy (non-hydrogen) atoms. The lowest BCUT2D eigenvalue weighted by Crippen LogP contribution is -2.05. The molecule has 1 nitrogen and oxygen atoms in total. The van der Waals surface area contributed by atoms with E-state index in [-0.39, 0.29) is 0 Å². The van der Waals surface area contributed by atoms with Gasteiger partial charge in [-0.15, -0.1) is 0 Å². The predicted octanol–water partition coefficient (Wildman–Crippen LogP) is 3.92. The largest absolute Gasteiger partial charge is 0.294 e. The average molecular weight is 204 g/mol. The van der Waals surface area contributed by atoms with Gasteiger partial charge in [0.1, 0.15) is 0 Å². The molecule has 0 radical (unpaired) electrons. The van der Waals surface area contributed by atoms with Gasteiger partial charge in [0.05, 0.1) is 0 Å². The molecule has 0 fully saturated rings. The van der Waals surface area contributed by atoms with Crippen molar-refractivity contribution in [2.75, 3.05) is 0 Å². The zero-order chi connectivity index (χ0) is 11.4. The molecule has 0 spiro atoms. The summed E-state index contributed by atoms with van der Waals surface area (Å²) in [6.07, 6.45) is 1.65. The molecule has 1 aromatic carbocycles. The van der Waals surface area contributed by atoms with Crippen LogP contribution in [0.15, 0.2) is 18.2 Å². The fraction of sp³-hybridized carbons (Fsp3) is 0.500. The van der Waals surface area contributed by atoms with E-state index in [1.165, 1.54) is 0 Å². The van der Waals surface area contributed by atoms with Crippen molar-refractivity contribution in [1.82, 2.24) is 0 Å². The Bertz CT molecular complexity index is 330. The summed E-state index contributed by atoms with van der Waals surface area (Å²) in [6, 6.07) is 6.02. The normalized spacial score (nSPS) is 10.7. The van der Waals surface area contributed by atoms with Crippen LogP contribution in [0.25, 0.3) is 0 Å². The molecule has 0 heterocycles. The summed E-state index contributed by atoms with van der Waals surface area (Å²) in [6.45, 7) is 8.32. The molecule has 0 amide bonds. The number of benzene rings is 1. The van der Waals surface area contributed by atoms with E-state index in [9.17, 15) is 4.79 Å². The smallest absolute Gasteiger partial charge is 0.163 e. The third-order valence-corrected chi connectivity index (χ3v) is 2.71. The van der Waals surface area contributed by atoms with Crippen LogP contribution in [0.5, 0.6) is 0 Å². The Labute approximate surface area is 92.5 Å². The lowest BCUT2D eigenvalue weighted by Gasteiger charge is -2.09. The highest BCUT2D eigenvalue weighted by Gasteiger charge is 2.11. The van der Waals surface area contributed by atoms with Crippen LogP contribution in [0.3, 0.4) is 0 Å². The maximum Gasteiger partial charge on any atom is 0.163 e. The Morgan fingerprint density at radius 1 is 1.20 bits per heavy atom. The van der Waals surface area contributed by atoms with Crippen LogP contribution in [-0.2, 0) is 0 Å². The van der Waals surface area contributed by atoms with Gasteiger partial charge in [0, 0.05) is 12.0 Å². The predicted molar refractivity (Wildman–Crippen MR) is 64.3 cm³/mol. The molecule has 0 saturated carbocycles. The number of carbonyl (C=O) groups is 1. The molecule has 0 aliphatic heterocycles. The first-order valence-electron chi connectivity index (χ1n) is 5.61. The first kappa shape index (κ1) is 12.0. The van der Waals surface area contributed by atoms with Crippen LogP contribution in [0.2, 0.25) is 0 Å². The number of Topliss-reactive ketones (excluding diaryl/α,β-unsaturated/α-hetero) is 1. The van der Waals surface area contributed by atoms with E-state index in [4.69, 9.17) is 0 Å². The fourth-order valence-corrected chi connectivity index (χ4v) is 1.80. The van der Waals surface area contributed by atoms with Crippen LogP contribution in [0, 0.1) is 19.8 Å². The summed E-state index contributed by atoms with van der Waals surface area (Å²) >= 11 is 0. The maximum atomic E-state index is 12.0. The molecule has 0 bridgehead atoms. The van der Waals surface area contributed by atoms with Gasteiger partial charge in [-0.05, 0) is 37.3 Å². The summed E-state index contributed by atoms with van der Waals surface area (Å²) in [5.41, 5.74) is 3.13. The summed E-state index contributed by atoms with van der Waals surface area (Å²) < 4.78 is 0. The van der Waals surface area contributed by atoms with Crippen molar-refractivity contribution < 1.29 is 4.79 Å². The number of ketones is 1. The van der Waals surface area contributed by atoms with E-state index in [1.54, 1.807) is 0 Å². The van der Waals surface area contributed by atoms with Crippen molar-refractivity contribution in [2.45, 2.75) is 40.5 Å². The average Bonchev–Trinajstić information content (AvgIpc) is 2.14. The van der Waals surface area contributed by atoms with Crippen LogP contribution < -0.4 is 0 Å². The molecule has 82 valence electrons. The topological polar surface area (TPSA) is 17.1 Å². The van der Waals surface area contributed by atoms with Gasteiger partial charge >= 0.3 is 0 Å². The summed E-state index contributed by atoms with van der Waals surface area (Å²) in [5, 5.41) is 0. The van der Waals surface area contributed by atoms with Gasteiger partial charge < -0.3 is 0 Å². The summed E-state index contributed by atoms with van der Waals surface area (Å²) in [4.78, 5) is 12.0. The molecule has 1 aromatic rings. The molecule has 1 rings (SSSR count). The minimum atomic E-state index is 0.291. The standard InChI is InChI=1S/C14H20O/c1-10(2)8-9-13(15)14-11(3)6-5-7-12(14)4/h5-7,10H,8-9H2,1-4H3. The molecule has 0 unspecified atom stereocenters. The number of hydrogen-bond acceptors (Lipinski definition) is 1. The molecule has 1 heteroatoms. The molecule has 0 atom stereocenters.